The maximum Gasteiger partial charge on any atom is 1.00 e. The molecule has 2 N–H and O–H groups in total. The molecule has 0 heterocycles. The number of hydrogen-bond acceptors (Lipinski definition) is 3. The van der Waals surface area contributed by atoms with Crippen LogP contribution in [0.2, 0.25) is 0 Å². The molecule has 5 heteroatoms. The number of carboxylic acids is 1. The molecule has 2 aromatic rings. The van der Waals surface area contributed by atoms with Gasteiger partial charge in [-0.3, -0.25) is 4.79 Å². The molecule has 0 radical (unpaired) electrons. The Morgan fingerprint density at radius 1 is 1.17 bits per heavy atom. The Kier molecular flexibility index (Phi) is 8.03. The van der Waals surface area contributed by atoms with Gasteiger partial charge in [0.25, 0.3) is 0 Å². The van der Waals surface area contributed by atoms with Crippen LogP contribution in [0.1, 0.15) is 20.3 Å². The molecule has 4 nitrogen and oxygen atoms in total. The van der Waals surface area contributed by atoms with E-state index in [2.05, 4.69) is 0 Å². The number of carboxylic acid groups (broad SMARTS) is 1. The van der Waals surface area contributed by atoms with Crippen LogP contribution in [0.4, 0.5) is 0 Å². The molecule has 0 spiro atoms. The van der Waals surface area contributed by atoms with Crippen molar-refractivity contribution in [2.24, 2.45) is 5.92 Å². The molecule has 0 aliphatic heterocycles. The van der Waals surface area contributed by atoms with Gasteiger partial charge in [-0.1, -0.05) is 37.3 Å². The van der Waals surface area contributed by atoms with E-state index >= 15 is 0 Å². The number of carbonyl (C=O) groups is 1. The maximum atomic E-state index is 10.8. The number of rotatable bonds is 7. The zero-order valence-corrected chi connectivity index (χ0v) is 15.5. The molecule has 1 atom stereocenters. The fraction of sp³-hybridized carbons (Fsp3) is 0.222. The molecule has 0 fully saturated rings. The number of ether oxygens (including phenoxy) is 1. The van der Waals surface area contributed by atoms with E-state index in [0.29, 0.717) is 17.9 Å². The SMILES string of the molecule is CC(CC(=N)Cc1cccc(Oc2ccccc2)c1)C(=O)O.[H-].[Na+]. The predicted molar refractivity (Wildman–Crippen MR) is 86.9 cm³/mol. The van der Waals surface area contributed by atoms with Crippen LogP contribution in [0.15, 0.2) is 54.6 Å². The number of aliphatic carboxylic acids is 1. The molecule has 0 amide bonds. The molecule has 0 aromatic heterocycles. The Morgan fingerprint density at radius 2 is 1.83 bits per heavy atom. The summed E-state index contributed by atoms with van der Waals surface area (Å²) in [5.74, 6) is 0.0687. The fourth-order valence-electron chi connectivity index (χ4n) is 2.12. The first-order valence-electron chi connectivity index (χ1n) is 7.15. The van der Waals surface area contributed by atoms with E-state index in [-0.39, 0.29) is 37.4 Å². The molecule has 0 saturated carbocycles. The summed E-state index contributed by atoms with van der Waals surface area (Å²) in [6, 6.07) is 17.0. The quantitative estimate of drug-likeness (QED) is 0.596. The molecule has 23 heavy (non-hydrogen) atoms. The minimum Gasteiger partial charge on any atom is -1.00 e. The van der Waals surface area contributed by atoms with Gasteiger partial charge in [0.05, 0.1) is 5.92 Å². The number of benzene rings is 2. The monoisotopic (exact) mass is 321 g/mol. The Labute approximate surface area is 159 Å². The van der Waals surface area contributed by atoms with Crippen molar-refractivity contribution in [2.45, 2.75) is 19.8 Å². The van der Waals surface area contributed by atoms with Crippen LogP contribution < -0.4 is 34.3 Å². The minimum atomic E-state index is -0.870. The average molecular weight is 321 g/mol. The van der Waals surface area contributed by atoms with Crippen molar-refractivity contribution in [3.05, 3.63) is 60.2 Å². The molecule has 116 valence electrons. The Bertz CT molecular complexity index is 664. The number of nitrogens with one attached hydrogen (secondary N) is 1. The van der Waals surface area contributed by atoms with Gasteiger partial charge in [-0.2, -0.15) is 0 Å². The molecule has 1 unspecified atom stereocenters. The second kappa shape index (κ2) is 9.50. The molecule has 0 bridgehead atoms. The smallest absolute Gasteiger partial charge is 1.00 e. The van der Waals surface area contributed by atoms with Gasteiger partial charge in [0.1, 0.15) is 11.5 Å². The zero-order valence-electron chi connectivity index (χ0n) is 14.5. The van der Waals surface area contributed by atoms with Gasteiger partial charge in [-0.05, 0) is 36.2 Å². The van der Waals surface area contributed by atoms with Gasteiger partial charge in [0.15, 0.2) is 0 Å². The molecule has 2 aromatic carbocycles. The normalized spacial score (nSPS) is 11.2. The molecular weight excluding hydrogens is 301 g/mol. The van der Waals surface area contributed by atoms with Gasteiger partial charge in [0, 0.05) is 12.1 Å². The summed E-state index contributed by atoms with van der Waals surface area (Å²) in [5, 5.41) is 16.8. The van der Waals surface area contributed by atoms with Crippen molar-refractivity contribution in [3.63, 3.8) is 0 Å². The average Bonchev–Trinajstić information content (AvgIpc) is 2.48. The standard InChI is InChI=1S/C18H19NO3.Na.H/c1-13(18(20)21)10-15(19)11-14-6-5-9-17(12-14)22-16-7-3-2-4-8-16;;/h2-9,12-13,19H,10-11H2,1H3,(H,20,21);;/q;+1;-1. The Morgan fingerprint density at radius 3 is 2.48 bits per heavy atom. The van der Waals surface area contributed by atoms with Crippen molar-refractivity contribution in [3.8, 4) is 11.5 Å². The van der Waals surface area contributed by atoms with E-state index in [1.807, 2.05) is 54.6 Å². The van der Waals surface area contributed by atoms with Crippen molar-refractivity contribution in [1.82, 2.24) is 0 Å². The third kappa shape index (κ3) is 6.57. The minimum absolute atomic E-state index is 0. The Balaban J connectivity index is 0.00000264. The van der Waals surface area contributed by atoms with E-state index in [9.17, 15) is 4.79 Å². The summed E-state index contributed by atoms with van der Waals surface area (Å²) >= 11 is 0. The van der Waals surface area contributed by atoms with Crippen LogP contribution in [0, 0.1) is 11.3 Å². The van der Waals surface area contributed by atoms with Crippen LogP contribution in [0.5, 0.6) is 11.5 Å². The summed E-state index contributed by atoms with van der Waals surface area (Å²) in [5.41, 5.74) is 1.35. The second-order valence-electron chi connectivity index (χ2n) is 5.29. The largest absolute Gasteiger partial charge is 1.00 e. The molecule has 0 aliphatic rings. The van der Waals surface area contributed by atoms with E-state index in [1.54, 1.807) is 6.92 Å². The molecule has 0 aliphatic carbocycles. The first-order valence-corrected chi connectivity index (χ1v) is 7.15. The van der Waals surface area contributed by atoms with E-state index in [0.717, 1.165) is 11.3 Å². The fourth-order valence-corrected chi connectivity index (χ4v) is 2.12. The van der Waals surface area contributed by atoms with Crippen molar-refractivity contribution in [2.75, 3.05) is 0 Å². The van der Waals surface area contributed by atoms with Gasteiger partial charge in [0.2, 0.25) is 0 Å². The predicted octanol–water partition coefficient (Wildman–Crippen LogP) is 1.27. The van der Waals surface area contributed by atoms with Crippen LogP contribution in [-0.4, -0.2) is 16.8 Å². The van der Waals surface area contributed by atoms with Crippen molar-refractivity contribution < 1.29 is 45.6 Å². The first kappa shape index (κ1) is 19.4. The molecular formula is C18H20NNaO3. The topological polar surface area (TPSA) is 70.4 Å². The summed E-state index contributed by atoms with van der Waals surface area (Å²) < 4.78 is 5.76. The third-order valence-corrected chi connectivity index (χ3v) is 3.27. The van der Waals surface area contributed by atoms with Crippen molar-refractivity contribution in [1.29, 1.82) is 5.41 Å². The summed E-state index contributed by atoms with van der Waals surface area (Å²) in [4.78, 5) is 10.8. The summed E-state index contributed by atoms with van der Waals surface area (Å²) in [6.07, 6.45) is 0.697. The number of hydrogen-bond donors (Lipinski definition) is 2. The van der Waals surface area contributed by atoms with Crippen LogP contribution in [0.25, 0.3) is 0 Å². The van der Waals surface area contributed by atoms with Gasteiger partial charge in [-0.15, -0.1) is 0 Å². The van der Waals surface area contributed by atoms with Crippen LogP contribution in [-0.2, 0) is 11.2 Å². The van der Waals surface area contributed by atoms with Gasteiger partial charge >= 0.3 is 35.5 Å². The van der Waals surface area contributed by atoms with Crippen LogP contribution >= 0.6 is 0 Å². The van der Waals surface area contributed by atoms with Gasteiger partial charge in [-0.25, -0.2) is 0 Å². The summed E-state index contributed by atoms with van der Waals surface area (Å²) in [7, 11) is 0. The van der Waals surface area contributed by atoms with Crippen molar-refractivity contribution >= 4 is 11.7 Å². The van der Waals surface area contributed by atoms with E-state index < -0.39 is 11.9 Å². The molecule has 2 rings (SSSR count). The maximum absolute atomic E-state index is 10.8. The van der Waals surface area contributed by atoms with E-state index in [1.165, 1.54) is 0 Å². The number of para-hydroxylation sites is 1. The third-order valence-electron chi connectivity index (χ3n) is 3.27. The first-order chi connectivity index (χ1) is 10.5. The van der Waals surface area contributed by atoms with Crippen LogP contribution in [0.3, 0.4) is 0 Å². The second-order valence-corrected chi connectivity index (χ2v) is 5.29. The van der Waals surface area contributed by atoms with E-state index in [4.69, 9.17) is 15.3 Å². The zero-order chi connectivity index (χ0) is 15.9. The molecule has 0 saturated heterocycles. The summed E-state index contributed by atoms with van der Waals surface area (Å²) in [6.45, 7) is 1.62. The Hall–Kier alpha value is -1.62. The van der Waals surface area contributed by atoms with Gasteiger partial charge < -0.3 is 16.7 Å².